The molecule has 3 N–H and O–H groups in total. The van der Waals surface area contributed by atoms with Crippen LogP contribution in [0.4, 0.5) is 11.5 Å². The van der Waals surface area contributed by atoms with E-state index >= 15 is 0 Å². The third kappa shape index (κ3) is 3.08. The van der Waals surface area contributed by atoms with Crippen LogP contribution in [0.3, 0.4) is 0 Å². The maximum absolute atomic E-state index is 10.8. The van der Waals surface area contributed by atoms with Crippen LogP contribution in [0.15, 0.2) is 30.5 Å². The van der Waals surface area contributed by atoms with Gasteiger partial charge >= 0.3 is 5.69 Å². The van der Waals surface area contributed by atoms with Crippen molar-refractivity contribution in [2.45, 2.75) is 13.1 Å². The number of nitro groups is 1. The Labute approximate surface area is 110 Å². The van der Waals surface area contributed by atoms with Crippen molar-refractivity contribution in [1.82, 2.24) is 9.78 Å². The maximum atomic E-state index is 10.8. The minimum Gasteiger partial charge on any atom is -0.359 e. The lowest BCUT2D eigenvalue weighted by atomic mass is 10.1. The number of hydrogen-bond donors (Lipinski definition) is 2. The molecule has 19 heavy (non-hydrogen) atoms. The molecule has 0 aliphatic carbocycles. The normalized spacial score (nSPS) is 10.4. The van der Waals surface area contributed by atoms with E-state index < -0.39 is 4.92 Å². The molecule has 0 aliphatic heterocycles. The fraction of sp³-hybridized carbons (Fsp3) is 0.250. The summed E-state index contributed by atoms with van der Waals surface area (Å²) in [6.45, 7) is 0.974. The van der Waals surface area contributed by atoms with Crippen molar-refractivity contribution in [1.29, 1.82) is 0 Å². The number of nitrogens with two attached hydrogens (primary N) is 1. The topological polar surface area (TPSA) is 99.0 Å². The summed E-state index contributed by atoms with van der Waals surface area (Å²) < 4.78 is 1.41. The molecule has 1 heterocycles. The molecule has 100 valence electrons. The highest BCUT2D eigenvalue weighted by molar-refractivity contribution is 5.54. The molecule has 0 atom stereocenters. The van der Waals surface area contributed by atoms with Gasteiger partial charge in [0, 0.05) is 20.1 Å². The fourth-order valence-electron chi connectivity index (χ4n) is 1.71. The van der Waals surface area contributed by atoms with Gasteiger partial charge in [-0.3, -0.25) is 14.8 Å². The Kier molecular flexibility index (Phi) is 3.76. The summed E-state index contributed by atoms with van der Waals surface area (Å²) in [6.07, 6.45) is 1.37. The zero-order valence-electron chi connectivity index (χ0n) is 10.5. The average Bonchev–Trinajstić information content (AvgIpc) is 2.78. The van der Waals surface area contributed by atoms with Gasteiger partial charge in [-0.2, -0.15) is 0 Å². The van der Waals surface area contributed by atoms with Crippen molar-refractivity contribution in [3.05, 3.63) is 51.7 Å². The lowest BCUT2D eigenvalue weighted by Gasteiger charge is -2.04. The molecule has 1 aromatic carbocycles. The van der Waals surface area contributed by atoms with E-state index in [0.717, 1.165) is 11.1 Å². The van der Waals surface area contributed by atoms with Gasteiger partial charge in [0.25, 0.3) is 0 Å². The molecule has 0 saturated heterocycles. The van der Waals surface area contributed by atoms with Gasteiger partial charge in [-0.15, -0.1) is 5.10 Å². The molecular formula is C12H15N5O2. The molecule has 7 nitrogen and oxygen atoms in total. The van der Waals surface area contributed by atoms with E-state index in [9.17, 15) is 10.1 Å². The molecule has 0 aliphatic rings. The first-order valence-electron chi connectivity index (χ1n) is 5.80. The van der Waals surface area contributed by atoms with Gasteiger partial charge in [0.2, 0.25) is 5.82 Å². The summed E-state index contributed by atoms with van der Waals surface area (Å²) in [7, 11) is 1.65. The van der Waals surface area contributed by atoms with Crippen molar-refractivity contribution in [2.24, 2.45) is 12.8 Å². The Bertz CT molecular complexity index is 576. The summed E-state index contributed by atoms with van der Waals surface area (Å²) in [4.78, 5) is 10.4. The number of aryl methyl sites for hydroxylation is 1. The number of anilines is 1. The molecule has 1 aromatic heterocycles. The van der Waals surface area contributed by atoms with Crippen LogP contribution in [-0.4, -0.2) is 14.7 Å². The molecule has 0 amide bonds. The van der Waals surface area contributed by atoms with Crippen molar-refractivity contribution < 1.29 is 4.92 Å². The summed E-state index contributed by atoms with van der Waals surface area (Å²) in [6, 6.07) is 7.74. The van der Waals surface area contributed by atoms with Crippen LogP contribution in [0.25, 0.3) is 0 Å². The first kappa shape index (κ1) is 13.0. The molecule has 0 fully saturated rings. The average molecular weight is 261 g/mol. The number of hydrogen-bond acceptors (Lipinski definition) is 5. The highest BCUT2D eigenvalue weighted by Crippen LogP contribution is 2.22. The van der Waals surface area contributed by atoms with Crippen LogP contribution < -0.4 is 11.1 Å². The Balaban J connectivity index is 2.07. The monoisotopic (exact) mass is 261 g/mol. The standard InChI is InChI=1S/C12H15N5O2/c1-16-8-11(17(18)19)12(15-16)14-7-10-4-2-9(6-13)3-5-10/h2-5,8H,6-7,13H2,1H3,(H,14,15). The van der Waals surface area contributed by atoms with Crippen LogP contribution in [-0.2, 0) is 20.1 Å². The van der Waals surface area contributed by atoms with E-state index in [4.69, 9.17) is 5.73 Å². The lowest BCUT2D eigenvalue weighted by molar-refractivity contribution is -0.384. The van der Waals surface area contributed by atoms with Gasteiger partial charge in [-0.05, 0) is 11.1 Å². The molecule has 2 aromatic rings. The molecular weight excluding hydrogens is 246 g/mol. The molecule has 0 spiro atoms. The predicted molar refractivity (Wildman–Crippen MR) is 71.5 cm³/mol. The van der Waals surface area contributed by atoms with Gasteiger partial charge < -0.3 is 11.1 Å². The van der Waals surface area contributed by atoms with E-state index in [1.165, 1.54) is 10.9 Å². The van der Waals surface area contributed by atoms with Crippen LogP contribution in [0.1, 0.15) is 11.1 Å². The van der Waals surface area contributed by atoms with Crippen molar-refractivity contribution in [3.63, 3.8) is 0 Å². The van der Waals surface area contributed by atoms with E-state index in [1.54, 1.807) is 7.05 Å². The predicted octanol–water partition coefficient (Wildman–Crippen LogP) is 1.40. The summed E-state index contributed by atoms with van der Waals surface area (Å²) in [5.74, 6) is 0.274. The summed E-state index contributed by atoms with van der Waals surface area (Å²) in [5.41, 5.74) is 7.55. The summed E-state index contributed by atoms with van der Waals surface area (Å²) in [5, 5.41) is 17.8. The van der Waals surface area contributed by atoms with E-state index in [0.29, 0.717) is 13.1 Å². The second-order valence-corrected chi connectivity index (χ2v) is 4.17. The maximum Gasteiger partial charge on any atom is 0.330 e. The highest BCUT2D eigenvalue weighted by Gasteiger charge is 2.17. The Morgan fingerprint density at radius 1 is 1.37 bits per heavy atom. The molecule has 0 saturated carbocycles. The lowest BCUT2D eigenvalue weighted by Crippen LogP contribution is -2.03. The molecule has 0 radical (unpaired) electrons. The van der Waals surface area contributed by atoms with Crippen molar-refractivity contribution in [3.8, 4) is 0 Å². The number of nitrogens with one attached hydrogen (secondary N) is 1. The van der Waals surface area contributed by atoms with Crippen LogP contribution >= 0.6 is 0 Å². The van der Waals surface area contributed by atoms with Crippen molar-refractivity contribution >= 4 is 11.5 Å². The zero-order chi connectivity index (χ0) is 13.8. The largest absolute Gasteiger partial charge is 0.359 e. The van der Waals surface area contributed by atoms with Crippen LogP contribution in [0, 0.1) is 10.1 Å². The van der Waals surface area contributed by atoms with Gasteiger partial charge in [0.05, 0.1) is 4.92 Å². The summed E-state index contributed by atoms with van der Waals surface area (Å²) >= 11 is 0. The zero-order valence-corrected chi connectivity index (χ0v) is 10.5. The van der Waals surface area contributed by atoms with E-state index in [1.807, 2.05) is 24.3 Å². The second kappa shape index (κ2) is 5.49. The van der Waals surface area contributed by atoms with Gasteiger partial charge in [-0.25, -0.2) is 0 Å². The third-order valence-corrected chi connectivity index (χ3v) is 2.72. The third-order valence-electron chi connectivity index (χ3n) is 2.72. The highest BCUT2D eigenvalue weighted by atomic mass is 16.6. The fourth-order valence-corrected chi connectivity index (χ4v) is 1.71. The first-order valence-corrected chi connectivity index (χ1v) is 5.80. The number of nitrogens with zero attached hydrogens (tertiary/aromatic N) is 3. The molecule has 0 unspecified atom stereocenters. The molecule has 7 heteroatoms. The Morgan fingerprint density at radius 2 is 2.00 bits per heavy atom. The molecule has 0 bridgehead atoms. The van der Waals surface area contributed by atoms with Gasteiger partial charge in [0.1, 0.15) is 6.20 Å². The van der Waals surface area contributed by atoms with E-state index in [2.05, 4.69) is 10.4 Å². The minimum absolute atomic E-state index is 0.0268. The number of aromatic nitrogens is 2. The molecule has 2 rings (SSSR count). The Hall–Kier alpha value is -2.41. The van der Waals surface area contributed by atoms with Gasteiger partial charge in [0.15, 0.2) is 0 Å². The smallest absolute Gasteiger partial charge is 0.330 e. The number of rotatable bonds is 5. The van der Waals surface area contributed by atoms with Gasteiger partial charge in [-0.1, -0.05) is 24.3 Å². The first-order chi connectivity index (χ1) is 9.10. The SMILES string of the molecule is Cn1cc([N+](=O)[O-])c(NCc2ccc(CN)cc2)n1. The quantitative estimate of drug-likeness (QED) is 0.626. The minimum atomic E-state index is -0.452. The number of benzene rings is 1. The van der Waals surface area contributed by atoms with Crippen molar-refractivity contribution in [2.75, 3.05) is 5.32 Å². The van der Waals surface area contributed by atoms with E-state index in [-0.39, 0.29) is 11.5 Å². The van der Waals surface area contributed by atoms with Crippen LogP contribution in [0.2, 0.25) is 0 Å². The Morgan fingerprint density at radius 3 is 2.58 bits per heavy atom. The van der Waals surface area contributed by atoms with Crippen LogP contribution in [0.5, 0.6) is 0 Å². The second-order valence-electron chi connectivity index (χ2n) is 4.17.